The summed E-state index contributed by atoms with van der Waals surface area (Å²) in [4.78, 5) is 0. The smallest absolute Gasteiger partial charge is 0.122 e. The molecule has 0 heterocycles. The fraction of sp³-hybridized carbons (Fsp3) is 0.600. The average Bonchev–Trinajstić information content (AvgIpc) is 3.11. The molecule has 1 heteroatoms. The molecule has 16 heavy (non-hydrogen) atoms. The second kappa shape index (κ2) is 4.48. The second-order valence-corrected chi connectivity index (χ2v) is 5.22. The Morgan fingerprint density at radius 1 is 1.25 bits per heavy atom. The normalized spacial score (nSPS) is 19.4. The highest BCUT2D eigenvalue weighted by atomic mass is 16.3. The van der Waals surface area contributed by atoms with Gasteiger partial charge in [-0.25, -0.2) is 0 Å². The van der Waals surface area contributed by atoms with Crippen molar-refractivity contribution in [2.45, 2.75) is 51.9 Å². The Morgan fingerprint density at radius 3 is 2.44 bits per heavy atom. The van der Waals surface area contributed by atoms with Gasteiger partial charge in [0.15, 0.2) is 0 Å². The third-order valence-corrected chi connectivity index (χ3v) is 4.06. The minimum absolute atomic E-state index is 0.450. The maximum Gasteiger partial charge on any atom is 0.122 e. The van der Waals surface area contributed by atoms with Gasteiger partial charge in [0.05, 0.1) is 0 Å². The van der Waals surface area contributed by atoms with E-state index in [2.05, 4.69) is 39.0 Å². The summed E-state index contributed by atoms with van der Waals surface area (Å²) in [6.45, 7) is 6.59. The summed E-state index contributed by atoms with van der Waals surface area (Å²) in [5.41, 5.74) is 2.27. The zero-order valence-corrected chi connectivity index (χ0v) is 10.5. The number of benzene rings is 1. The molecule has 1 nitrogen and oxygen atoms in total. The summed E-state index contributed by atoms with van der Waals surface area (Å²) in [6.07, 6.45) is 3.73. The van der Waals surface area contributed by atoms with Crippen LogP contribution in [0.4, 0.5) is 0 Å². The quantitative estimate of drug-likeness (QED) is 0.793. The summed E-state index contributed by atoms with van der Waals surface area (Å²) >= 11 is 0. The molecule has 2 atom stereocenters. The molecular weight excluding hydrogens is 196 g/mol. The largest absolute Gasteiger partial charge is 0.507 e. The van der Waals surface area contributed by atoms with Crippen LogP contribution in [-0.4, -0.2) is 5.11 Å². The van der Waals surface area contributed by atoms with Crippen LogP contribution in [0.5, 0.6) is 5.75 Å². The zero-order chi connectivity index (χ0) is 11.7. The Bertz CT molecular complexity index is 366. The van der Waals surface area contributed by atoms with Crippen LogP contribution in [-0.2, 0) is 0 Å². The summed E-state index contributed by atoms with van der Waals surface area (Å²) in [7, 11) is 0. The lowest BCUT2D eigenvalue weighted by Gasteiger charge is -2.18. The van der Waals surface area contributed by atoms with E-state index in [-0.39, 0.29) is 0 Å². The molecule has 0 radical (unpaired) electrons. The molecule has 0 saturated heterocycles. The van der Waals surface area contributed by atoms with Gasteiger partial charge >= 0.3 is 0 Å². The maximum atomic E-state index is 10.3. The Labute approximate surface area is 98.5 Å². The minimum atomic E-state index is 0.450. The number of hydrogen-bond acceptors (Lipinski definition) is 1. The Kier molecular flexibility index (Phi) is 3.22. The van der Waals surface area contributed by atoms with E-state index < -0.39 is 0 Å². The van der Waals surface area contributed by atoms with Gasteiger partial charge in [-0.05, 0) is 48.1 Å². The standard InChI is InChI=1S/C15H22O/c1-4-10(2)13-6-5-7-14(15(13)16)11(3)12-8-9-12/h5-7,10-12,16H,4,8-9H2,1-3H3/t10?,11-/m1/s1. The van der Waals surface area contributed by atoms with Crippen LogP contribution in [0.15, 0.2) is 18.2 Å². The molecule has 88 valence electrons. The van der Waals surface area contributed by atoms with Crippen LogP contribution in [0.1, 0.15) is 63.0 Å². The Hall–Kier alpha value is -0.980. The number of phenolic OH excluding ortho intramolecular Hbond substituents is 1. The third-order valence-electron chi connectivity index (χ3n) is 4.06. The van der Waals surface area contributed by atoms with Gasteiger partial charge in [0.2, 0.25) is 0 Å². The SMILES string of the molecule is CCC(C)c1cccc([C@H](C)C2CC2)c1O. The average molecular weight is 218 g/mol. The van der Waals surface area contributed by atoms with E-state index in [1.54, 1.807) is 0 Å². The van der Waals surface area contributed by atoms with E-state index in [0.29, 0.717) is 17.6 Å². The van der Waals surface area contributed by atoms with E-state index in [1.807, 2.05) is 0 Å². The molecule has 1 aliphatic carbocycles. The van der Waals surface area contributed by atoms with Crippen molar-refractivity contribution >= 4 is 0 Å². The lowest BCUT2D eigenvalue weighted by atomic mass is 9.89. The van der Waals surface area contributed by atoms with E-state index in [9.17, 15) is 5.11 Å². The van der Waals surface area contributed by atoms with Crippen molar-refractivity contribution < 1.29 is 5.11 Å². The zero-order valence-electron chi connectivity index (χ0n) is 10.5. The summed E-state index contributed by atoms with van der Waals surface area (Å²) in [5, 5.41) is 10.3. The van der Waals surface area contributed by atoms with Gasteiger partial charge in [-0.1, -0.05) is 39.0 Å². The van der Waals surface area contributed by atoms with E-state index in [4.69, 9.17) is 0 Å². The van der Waals surface area contributed by atoms with Gasteiger partial charge in [-0.15, -0.1) is 0 Å². The van der Waals surface area contributed by atoms with Crippen LogP contribution in [0, 0.1) is 5.92 Å². The van der Waals surface area contributed by atoms with Crippen LogP contribution >= 0.6 is 0 Å². The summed E-state index contributed by atoms with van der Waals surface area (Å²) in [6, 6.07) is 6.24. The molecule has 1 N–H and O–H groups in total. The summed E-state index contributed by atoms with van der Waals surface area (Å²) in [5.74, 6) is 2.32. The van der Waals surface area contributed by atoms with Crippen molar-refractivity contribution in [3.63, 3.8) is 0 Å². The highest BCUT2D eigenvalue weighted by Gasteiger charge is 2.30. The predicted molar refractivity (Wildman–Crippen MR) is 68.0 cm³/mol. The van der Waals surface area contributed by atoms with E-state index >= 15 is 0 Å². The molecule has 0 aliphatic heterocycles. The first kappa shape index (κ1) is 11.5. The number of hydrogen-bond donors (Lipinski definition) is 1. The van der Waals surface area contributed by atoms with E-state index in [1.165, 1.54) is 12.8 Å². The number of para-hydroxylation sites is 1. The highest BCUT2D eigenvalue weighted by molar-refractivity contribution is 5.44. The number of aromatic hydroxyl groups is 1. The maximum absolute atomic E-state index is 10.3. The molecule has 1 aromatic rings. The molecule has 2 rings (SSSR count). The van der Waals surface area contributed by atoms with Crippen LogP contribution in [0.2, 0.25) is 0 Å². The van der Waals surface area contributed by atoms with Gasteiger partial charge in [0.25, 0.3) is 0 Å². The fourth-order valence-corrected chi connectivity index (χ4v) is 2.42. The van der Waals surface area contributed by atoms with E-state index in [0.717, 1.165) is 23.5 Å². The molecule has 1 unspecified atom stereocenters. The lowest BCUT2D eigenvalue weighted by Crippen LogP contribution is -2.00. The Balaban J connectivity index is 2.31. The van der Waals surface area contributed by atoms with Crippen molar-refractivity contribution in [1.29, 1.82) is 0 Å². The molecule has 0 amide bonds. The lowest BCUT2D eigenvalue weighted by molar-refractivity contribution is 0.446. The summed E-state index contributed by atoms with van der Waals surface area (Å²) < 4.78 is 0. The third kappa shape index (κ3) is 2.09. The van der Waals surface area contributed by atoms with Crippen LogP contribution < -0.4 is 0 Å². The topological polar surface area (TPSA) is 20.2 Å². The fourth-order valence-electron chi connectivity index (χ4n) is 2.42. The molecule has 0 spiro atoms. The van der Waals surface area contributed by atoms with Gasteiger partial charge in [-0.3, -0.25) is 0 Å². The molecule has 0 aromatic heterocycles. The monoisotopic (exact) mass is 218 g/mol. The molecule has 1 aliphatic rings. The molecule has 1 aromatic carbocycles. The molecule has 1 fully saturated rings. The van der Waals surface area contributed by atoms with Crippen LogP contribution in [0.25, 0.3) is 0 Å². The van der Waals surface area contributed by atoms with Gasteiger partial charge in [0, 0.05) is 0 Å². The van der Waals surface area contributed by atoms with Crippen LogP contribution in [0.3, 0.4) is 0 Å². The van der Waals surface area contributed by atoms with Crippen molar-refractivity contribution in [2.75, 3.05) is 0 Å². The predicted octanol–water partition coefficient (Wildman–Crippen LogP) is 4.42. The van der Waals surface area contributed by atoms with Crippen molar-refractivity contribution in [2.24, 2.45) is 5.92 Å². The number of rotatable bonds is 4. The molecule has 1 saturated carbocycles. The first-order valence-corrected chi connectivity index (χ1v) is 6.46. The minimum Gasteiger partial charge on any atom is -0.507 e. The first-order chi connectivity index (χ1) is 7.65. The first-order valence-electron chi connectivity index (χ1n) is 6.46. The molecule has 0 bridgehead atoms. The Morgan fingerprint density at radius 2 is 1.88 bits per heavy atom. The van der Waals surface area contributed by atoms with Gasteiger partial charge < -0.3 is 5.11 Å². The van der Waals surface area contributed by atoms with Gasteiger partial charge in [0.1, 0.15) is 5.75 Å². The van der Waals surface area contributed by atoms with Crippen molar-refractivity contribution in [3.8, 4) is 5.75 Å². The van der Waals surface area contributed by atoms with Gasteiger partial charge in [-0.2, -0.15) is 0 Å². The molecular formula is C15H22O. The number of phenols is 1. The second-order valence-electron chi connectivity index (χ2n) is 5.22. The highest BCUT2D eigenvalue weighted by Crippen LogP contribution is 2.46. The van der Waals surface area contributed by atoms with Crippen molar-refractivity contribution in [3.05, 3.63) is 29.3 Å². The van der Waals surface area contributed by atoms with Crippen molar-refractivity contribution in [1.82, 2.24) is 0 Å².